The van der Waals surface area contributed by atoms with Crippen molar-refractivity contribution in [2.75, 3.05) is 26.3 Å². The summed E-state index contributed by atoms with van der Waals surface area (Å²) in [5.74, 6) is 0.773. The summed E-state index contributed by atoms with van der Waals surface area (Å²) in [5.41, 5.74) is 2.97. The fourth-order valence-corrected chi connectivity index (χ4v) is 6.23. The van der Waals surface area contributed by atoms with E-state index < -0.39 is 6.04 Å². The van der Waals surface area contributed by atoms with Crippen LogP contribution in [0.1, 0.15) is 78.8 Å². The molecule has 0 radical (unpaired) electrons. The first-order valence-electron chi connectivity index (χ1n) is 12.6. The topological polar surface area (TPSA) is 69.7 Å². The molecule has 2 saturated heterocycles. The van der Waals surface area contributed by atoms with Crippen molar-refractivity contribution in [3.8, 4) is 0 Å². The van der Waals surface area contributed by atoms with Crippen molar-refractivity contribution < 1.29 is 18.8 Å². The van der Waals surface area contributed by atoms with Gasteiger partial charge in [-0.15, -0.1) is 0 Å². The summed E-state index contributed by atoms with van der Waals surface area (Å²) in [6.07, 6.45) is 7.31. The highest BCUT2D eigenvalue weighted by Gasteiger charge is 2.39. The number of hydrogen-bond acceptors (Lipinski definition) is 4. The molecule has 1 atom stereocenters. The van der Waals surface area contributed by atoms with Gasteiger partial charge in [-0.2, -0.15) is 0 Å². The van der Waals surface area contributed by atoms with E-state index in [1.54, 1.807) is 4.90 Å². The largest absolute Gasteiger partial charge is 0.322 e. The van der Waals surface area contributed by atoms with Crippen LogP contribution in [0.15, 0.2) is 18.2 Å². The van der Waals surface area contributed by atoms with Crippen LogP contribution >= 0.6 is 0 Å². The molecule has 3 fully saturated rings. The summed E-state index contributed by atoms with van der Waals surface area (Å²) in [6.45, 7) is 3.61. The van der Waals surface area contributed by atoms with Crippen molar-refractivity contribution in [2.24, 2.45) is 11.8 Å². The van der Waals surface area contributed by atoms with Crippen molar-refractivity contribution >= 4 is 17.7 Å². The first kappa shape index (κ1) is 22.5. The number of nitrogens with one attached hydrogen (secondary N) is 1. The van der Waals surface area contributed by atoms with Crippen molar-refractivity contribution in [2.45, 2.75) is 69.9 Å². The maximum atomic E-state index is 12.9. The Morgan fingerprint density at radius 3 is 2.36 bits per heavy atom. The van der Waals surface area contributed by atoms with Gasteiger partial charge < -0.3 is 9.80 Å². The number of hydrogen-bond donors (Lipinski definition) is 1. The third-order valence-corrected chi connectivity index (χ3v) is 8.31. The smallest absolute Gasteiger partial charge is 0.255 e. The van der Waals surface area contributed by atoms with E-state index in [0.717, 1.165) is 63.7 Å². The van der Waals surface area contributed by atoms with Crippen LogP contribution in [0.2, 0.25) is 0 Å². The second-order valence-corrected chi connectivity index (χ2v) is 10.4. The van der Waals surface area contributed by atoms with Gasteiger partial charge in [0.2, 0.25) is 11.8 Å². The summed E-state index contributed by atoms with van der Waals surface area (Å²) >= 11 is 0. The molecular weight excluding hydrogens is 421 g/mol. The zero-order valence-electron chi connectivity index (χ0n) is 19.2. The van der Waals surface area contributed by atoms with Gasteiger partial charge in [-0.1, -0.05) is 12.1 Å². The second-order valence-electron chi connectivity index (χ2n) is 10.4. The van der Waals surface area contributed by atoms with Gasteiger partial charge in [0.25, 0.3) is 5.91 Å². The van der Waals surface area contributed by atoms with Crippen LogP contribution in [-0.2, 0) is 16.1 Å². The van der Waals surface area contributed by atoms with E-state index in [1.165, 1.54) is 5.56 Å². The molecule has 1 N–H and O–H groups in total. The Labute approximate surface area is 194 Å². The SMILES string of the molecule is O=C1CCC(N2Cc3cc(C4CCN(CC5CCC(CF)CC5)CC4)ccc3C2=O)C(=O)N1. The standard InChI is InChI=1S/C26H34FN3O3/c27-14-17-1-3-18(4-2-17)15-29-11-9-19(10-12-29)20-5-6-22-21(13-20)16-30(26(22)33)23-7-8-24(31)28-25(23)32/h5-6,13,17-19,23H,1-4,7-12,14-16H2,(H,28,31,32). The van der Waals surface area contributed by atoms with Gasteiger partial charge in [0.05, 0.1) is 6.67 Å². The summed E-state index contributed by atoms with van der Waals surface area (Å²) < 4.78 is 12.9. The number of carbonyl (C=O) groups excluding carboxylic acids is 3. The minimum Gasteiger partial charge on any atom is -0.322 e. The van der Waals surface area contributed by atoms with Crippen LogP contribution in [0.5, 0.6) is 0 Å². The van der Waals surface area contributed by atoms with E-state index in [-0.39, 0.29) is 30.8 Å². The number of carbonyl (C=O) groups is 3. The Morgan fingerprint density at radius 1 is 0.939 bits per heavy atom. The Bertz CT molecular complexity index is 919. The van der Waals surface area contributed by atoms with Crippen molar-refractivity contribution in [1.29, 1.82) is 0 Å². The fraction of sp³-hybridized carbons (Fsp3) is 0.654. The number of amides is 3. The summed E-state index contributed by atoms with van der Waals surface area (Å²) in [6, 6.07) is 5.62. The molecule has 3 heterocycles. The second kappa shape index (κ2) is 9.53. The Balaban J connectivity index is 1.16. The van der Waals surface area contributed by atoms with Crippen LogP contribution < -0.4 is 5.32 Å². The van der Waals surface area contributed by atoms with Crippen molar-refractivity contribution in [3.63, 3.8) is 0 Å². The Kier molecular flexibility index (Phi) is 6.50. The molecule has 1 aromatic rings. The molecule has 3 aliphatic heterocycles. The molecule has 6 nitrogen and oxygen atoms in total. The number of halogens is 1. The van der Waals surface area contributed by atoms with Gasteiger partial charge in [0.15, 0.2) is 0 Å². The van der Waals surface area contributed by atoms with E-state index in [2.05, 4.69) is 22.3 Å². The number of rotatable bonds is 5. The maximum absolute atomic E-state index is 12.9. The number of fused-ring (bicyclic) bond motifs is 1. The summed E-state index contributed by atoms with van der Waals surface area (Å²) in [5, 5.41) is 2.36. The molecule has 1 unspecified atom stereocenters. The predicted octanol–water partition coefficient (Wildman–Crippen LogP) is 3.40. The molecule has 5 rings (SSSR count). The highest BCUT2D eigenvalue weighted by Crippen LogP contribution is 2.35. The highest BCUT2D eigenvalue weighted by molar-refractivity contribution is 6.05. The average molecular weight is 456 g/mol. The molecule has 33 heavy (non-hydrogen) atoms. The van der Waals surface area contributed by atoms with Crippen LogP contribution in [-0.4, -0.2) is 59.9 Å². The lowest BCUT2D eigenvalue weighted by Crippen LogP contribution is -2.52. The number of likely N-dealkylation sites (tertiary alicyclic amines) is 1. The minimum absolute atomic E-state index is 0.108. The van der Waals surface area contributed by atoms with E-state index >= 15 is 0 Å². The molecular formula is C26H34FN3O3. The lowest BCUT2D eigenvalue weighted by Gasteiger charge is -2.36. The van der Waals surface area contributed by atoms with Crippen molar-refractivity contribution in [1.82, 2.24) is 15.1 Å². The first-order valence-corrected chi connectivity index (χ1v) is 12.6. The number of imide groups is 1. The molecule has 1 aliphatic carbocycles. The van der Waals surface area contributed by atoms with Gasteiger partial charge in [-0.3, -0.25) is 24.1 Å². The lowest BCUT2D eigenvalue weighted by molar-refractivity contribution is -0.136. The minimum atomic E-state index is -0.561. The zero-order chi connectivity index (χ0) is 22.9. The molecule has 3 amide bonds. The highest BCUT2D eigenvalue weighted by atomic mass is 19.1. The third-order valence-electron chi connectivity index (χ3n) is 8.31. The van der Waals surface area contributed by atoms with Gasteiger partial charge in [-0.25, -0.2) is 0 Å². The number of alkyl halides is 1. The third kappa shape index (κ3) is 4.70. The molecule has 7 heteroatoms. The maximum Gasteiger partial charge on any atom is 0.255 e. The molecule has 178 valence electrons. The monoisotopic (exact) mass is 455 g/mol. The number of piperidine rings is 2. The normalized spacial score (nSPS) is 29.3. The molecule has 4 aliphatic rings. The van der Waals surface area contributed by atoms with Gasteiger partial charge in [0.1, 0.15) is 6.04 Å². The van der Waals surface area contributed by atoms with Crippen LogP contribution in [0, 0.1) is 11.8 Å². The number of nitrogens with zero attached hydrogens (tertiary/aromatic N) is 2. The lowest BCUT2D eigenvalue weighted by atomic mass is 9.81. The van der Waals surface area contributed by atoms with E-state index in [9.17, 15) is 18.8 Å². The Morgan fingerprint density at radius 2 is 1.67 bits per heavy atom. The molecule has 0 bridgehead atoms. The van der Waals surface area contributed by atoms with E-state index in [0.29, 0.717) is 36.3 Å². The van der Waals surface area contributed by atoms with Crippen LogP contribution in [0.3, 0.4) is 0 Å². The average Bonchev–Trinajstić information content (AvgIpc) is 3.15. The van der Waals surface area contributed by atoms with E-state index in [4.69, 9.17) is 0 Å². The molecule has 1 saturated carbocycles. The summed E-state index contributed by atoms with van der Waals surface area (Å²) in [4.78, 5) is 40.8. The van der Waals surface area contributed by atoms with Crippen LogP contribution in [0.4, 0.5) is 4.39 Å². The fourth-order valence-electron chi connectivity index (χ4n) is 6.23. The van der Waals surface area contributed by atoms with Gasteiger partial charge in [0, 0.05) is 25.1 Å². The Hall–Kier alpha value is -2.28. The molecule has 1 aromatic carbocycles. The molecule has 0 aromatic heterocycles. The zero-order valence-corrected chi connectivity index (χ0v) is 19.2. The first-order chi connectivity index (χ1) is 16.0. The van der Waals surface area contributed by atoms with Crippen molar-refractivity contribution in [3.05, 3.63) is 34.9 Å². The predicted molar refractivity (Wildman–Crippen MR) is 122 cm³/mol. The van der Waals surface area contributed by atoms with E-state index in [1.807, 2.05) is 6.07 Å². The van der Waals surface area contributed by atoms with Crippen LogP contribution in [0.25, 0.3) is 0 Å². The summed E-state index contributed by atoms with van der Waals surface area (Å²) in [7, 11) is 0. The van der Waals surface area contributed by atoms with Gasteiger partial charge in [-0.05, 0) is 93.0 Å². The number of benzene rings is 1. The molecule has 0 spiro atoms. The van der Waals surface area contributed by atoms with Gasteiger partial charge >= 0.3 is 0 Å². The quantitative estimate of drug-likeness (QED) is 0.691.